The molecule has 1 aromatic rings. The zero-order valence-corrected chi connectivity index (χ0v) is 10.0. The van der Waals surface area contributed by atoms with Crippen molar-refractivity contribution in [3.63, 3.8) is 0 Å². The smallest absolute Gasteiger partial charge is 0.341 e. The van der Waals surface area contributed by atoms with Gasteiger partial charge in [0.1, 0.15) is 5.56 Å². The molecule has 92 valence electrons. The first-order chi connectivity index (χ1) is 8.15. The summed E-state index contributed by atoms with van der Waals surface area (Å²) in [6, 6.07) is 1.43. The van der Waals surface area contributed by atoms with E-state index in [1.54, 1.807) is 0 Å². The normalized spacial score (nSPS) is 15.6. The van der Waals surface area contributed by atoms with E-state index in [1.807, 2.05) is 4.90 Å². The maximum Gasteiger partial charge on any atom is 0.341 e. The van der Waals surface area contributed by atoms with Crippen LogP contribution in [-0.4, -0.2) is 48.1 Å². The minimum atomic E-state index is -0.496. The van der Waals surface area contributed by atoms with E-state index in [-0.39, 0.29) is 17.7 Å². The van der Waals surface area contributed by atoms with Crippen molar-refractivity contribution in [2.75, 3.05) is 31.7 Å². The van der Waals surface area contributed by atoms with Crippen LogP contribution in [0.4, 0.5) is 5.82 Å². The number of ether oxygens (including phenoxy) is 1. The molecule has 1 aliphatic heterocycles. The molecule has 0 saturated carbocycles. The molecular weight excluding hydrogens is 246 g/mol. The van der Waals surface area contributed by atoms with E-state index in [2.05, 4.69) is 14.9 Å². The second-order valence-corrected chi connectivity index (χ2v) is 4.24. The highest BCUT2D eigenvalue weighted by molar-refractivity contribution is 6.29. The van der Waals surface area contributed by atoms with Crippen molar-refractivity contribution < 1.29 is 14.6 Å². The lowest BCUT2D eigenvalue weighted by Gasteiger charge is -2.39. The summed E-state index contributed by atoms with van der Waals surface area (Å²) < 4.78 is 4.66. The van der Waals surface area contributed by atoms with Crippen LogP contribution >= 0.6 is 11.6 Å². The van der Waals surface area contributed by atoms with Gasteiger partial charge in [0.05, 0.1) is 7.11 Å². The highest BCUT2D eigenvalue weighted by Gasteiger charge is 2.30. The fourth-order valence-corrected chi connectivity index (χ4v) is 1.86. The summed E-state index contributed by atoms with van der Waals surface area (Å²) in [7, 11) is 1.30. The number of aliphatic hydroxyl groups is 1. The topological polar surface area (TPSA) is 75.5 Å². The molecule has 0 spiro atoms. The van der Waals surface area contributed by atoms with E-state index in [1.165, 1.54) is 13.2 Å². The van der Waals surface area contributed by atoms with Crippen molar-refractivity contribution in [2.24, 2.45) is 5.92 Å². The van der Waals surface area contributed by atoms with Gasteiger partial charge in [0.2, 0.25) is 0 Å². The fraction of sp³-hybridized carbons (Fsp3) is 0.500. The molecule has 0 aromatic carbocycles. The summed E-state index contributed by atoms with van der Waals surface area (Å²) in [5, 5.41) is 16.7. The van der Waals surface area contributed by atoms with Crippen molar-refractivity contribution in [1.82, 2.24) is 10.2 Å². The van der Waals surface area contributed by atoms with Gasteiger partial charge in [0, 0.05) is 25.6 Å². The zero-order chi connectivity index (χ0) is 12.4. The molecule has 17 heavy (non-hydrogen) atoms. The minimum absolute atomic E-state index is 0.130. The van der Waals surface area contributed by atoms with Gasteiger partial charge in [-0.05, 0) is 6.07 Å². The summed E-state index contributed by atoms with van der Waals surface area (Å²) in [5.41, 5.74) is 0.295. The molecule has 0 atom stereocenters. The molecule has 1 aliphatic rings. The molecule has 0 amide bonds. The average Bonchev–Trinajstić information content (AvgIpc) is 2.28. The summed E-state index contributed by atoms with van der Waals surface area (Å²) in [4.78, 5) is 13.4. The molecule has 2 rings (SSSR count). The molecule has 1 aromatic heterocycles. The van der Waals surface area contributed by atoms with Crippen LogP contribution < -0.4 is 4.90 Å². The van der Waals surface area contributed by atoms with Gasteiger partial charge < -0.3 is 14.7 Å². The first-order valence-corrected chi connectivity index (χ1v) is 5.51. The van der Waals surface area contributed by atoms with Crippen LogP contribution in [0.5, 0.6) is 0 Å². The van der Waals surface area contributed by atoms with E-state index >= 15 is 0 Å². The Morgan fingerprint density at radius 2 is 2.35 bits per heavy atom. The molecule has 0 unspecified atom stereocenters. The quantitative estimate of drug-likeness (QED) is 0.788. The number of halogens is 1. The molecule has 0 radical (unpaired) electrons. The molecule has 1 saturated heterocycles. The Balaban J connectivity index is 2.25. The van der Waals surface area contributed by atoms with Crippen LogP contribution in [0.3, 0.4) is 0 Å². The number of esters is 1. The van der Waals surface area contributed by atoms with Crippen LogP contribution in [0.15, 0.2) is 6.07 Å². The number of hydrogen-bond acceptors (Lipinski definition) is 6. The molecular formula is C10H12ClN3O3. The lowest BCUT2D eigenvalue weighted by molar-refractivity contribution is 0.0600. The van der Waals surface area contributed by atoms with Crippen molar-refractivity contribution in [2.45, 2.75) is 0 Å². The highest BCUT2D eigenvalue weighted by atomic mass is 35.5. The molecule has 0 aliphatic carbocycles. The Hall–Kier alpha value is -1.40. The number of carbonyl (C=O) groups excluding carboxylic acids is 1. The summed E-state index contributed by atoms with van der Waals surface area (Å²) in [5.74, 6) is 0.174. The lowest BCUT2D eigenvalue weighted by Crippen LogP contribution is -2.49. The first-order valence-electron chi connectivity index (χ1n) is 5.13. The highest BCUT2D eigenvalue weighted by Crippen LogP contribution is 2.26. The molecule has 2 heterocycles. The van der Waals surface area contributed by atoms with Gasteiger partial charge in [0.25, 0.3) is 0 Å². The predicted octanol–water partition coefficient (Wildman–Crippen LogP) is 0.345. The lowest BCUT2D eigenvalue weighted by atomic mass is 10.0. The third-order valence-electron chi connectivity index (χ3n) is 2.66. The van der Waals surface area contributed by atoms with Crippen LogP contribution in [-0.2, 0) is 4.74 Å². The van der Waals surface area contributed by atoms with Crippen LogP contribution in [0, 0.1) is 5.92 Å². The zero-order valence-electron chi connectivity index (χ0n) is 9.26. The van der Waals surface area contributed by atoms with Gasteiger partial charge in [-0.1, -0.05) is 11.6 Å². The molecule has 1 N–H and O–H groups in total. The SMILES string of the molecule is COC(=O)c1cc(Cl)nnc1N1CC(CO)C1. The Morgan fingerprint density at radius 1 is 1.65 bits per heavy atom. The standard InChI is InChI=1S/C10H12ClN3O3/c1-17-10(16)7-2-8(11)12-13-9(7)14-3-6(4-14)5-15/h2,6,15H,3-5H2,1H3. The Bertz CT molecular complexity index is 435. The van der Waals surface area contributed by atoms with E-state index < -0.39 is 5.97 Å². The molecule has 6 nitrogen and oxygen atoms in total. The van der Waals surface area contributed by atoms with Gasteiger partial charge in [0.15, 0.2) is 11.0 Å². The Kier molecular flexibility index (Phi) is 3.44. The number of methoxy groups -OCH3 is 1. The number of nitrogens with zero attached hydrogens (tertiary/aromatic N) is 3. The fourth-order valence-electron chi connectivity index (χ4n) is 1.71. The summed E-state index contributed by atoms with van der Waals surface area (Å²) in [6.07, 6.45) is 0. The van der Waals surface area contributed by atoms with E-state index in [4.69, 9.17) is 16.7 Å². The van der Waals surface area contributed by atoms with Crippen molar-refractivity contribution in [3.8, 4) is 0 Å². The number of hydrogen-bond donors (Lipinski definition) is 1. The van der Waals surface area contributed by atoms with Crippen molar-refractivity contribution >= 4 is 23.4 Å². The number of carbonyl (C=O) groups is 1. The van der Waals surface area contributed by atoms with Gasteiger partial charge in [-0.2, -0.15) is 0 Å². The largest absolute Gasteiger partial charge is 0.465 e. The first kappa shape index (κ1) is 12.1. The monoisotopic (exact) mass is 257 g/mol. The summed E-state index contributed by atoms with van der Waals surface area (Å²) in [6.45, 7) is 1.43. The maximum absolute atomic E-state index is 11.6. The van der Waals surface area contributed by atoms with E-state index in [0.717, 1.165) is 0 Å². The third kappa shape index (κ3) is 2.32. The van der Waals surface area contributed by atoms with Crippen LogP contribution in [0.2, 0.25) is 5.15 Å². The molecule has 0 bridgehead atoms. The van der Waals surface area contributed by atoms with E-state index in [9.17, 15) is 4.79 Å². The van der Waals surface area contributed by atoms with Crippen LogP contribution in [0.1, 0.15) is 10.4 Å². The Morgan fingerprint density at radius 3 is 2.94 bits per heavy atom. The second kappa shape index (κ2) is 4.85. The predicted molar refractivity (Wildman–Crippen MR) is 61.2 cm³/mol. The van der Waals surface area contributed by atoms with E-state index in [0.29, 0.717) is 24.5 Å². The average molecular weight is 258 g/mol. The van der Waals surface area contributed by atoms with Crippen molar-refractivity contribution in [3.05, 3.63) is 16.8 Å². The second-order valence-electron chi connectivity index (χ2n) is 3.85. The summed E-state index contributed by atoms with van der Waals surface area (Å²) >= 11 is 5.70. The third-order valence-corrected chi connectivity index (χ3v) is 2.85. The number of aromatic nitrogens is 2. The van der Waals surface area contributed by atoms with Gasteiger partial charge in [-0.3, -0.25) is 0 Å². The molecule has 1 fully saturated rings. The maximum atomic E-state index is 11.6. The van der Waals surface area contributed by atoms with Crippen molar-refractivity contribution in [1.29, 1.82) is 0 Å². The van der Waals surface area contributed by atoms with Gasteiger partial charge in [-0.25, -0.2) is 4.79 Å². The number of aliphatic hydroxyl groups excluding tert-OH is 1. The molecule has 7 heteroatoms. The van der Waals surface area contributed by atoms with Gasteiger partial charge in [-0.15, -0.1) is 10.2 Å². The number of anilines is 1. The van der Waals surface area contributed by atoms with Gasteiger partial charge >= 0.3 is 5.97 Å². The van der Waals surface area contributed by atoms with Crippen LogP contribution in [0.25, 0.3) is 0 Å². The Labute approximate surface area is 103 Å². The minimum Gasteiger partial charge on any atom is -0.465 e. The number of rotatable bonds is 3.